The van der Waals surface area contributed by atoms with Crippen LogP contribution >= 0.6 is 15.9 Å². The molecule has 0 atom stereocenters. The Morgan fingerprint density at radius 2 is 1.73 bits per heavy atom. The maximum atomic E-state index is 12.8. The number of aromatic nitrogens is 1. The molecule has 0 unspecified atom stereocenters. The van der Waals surface area contributed by atoms with Crippen LogP contribution in [-0.2, 0) is 0 Å². The van der Waals surface area contributed by atoms with Crippen LogP contribution < -0.4 is 9.47 Å². The van der Waals surface area contributed by atoms with Crippen LogP contribution in [-0.4, -0.2) is 24.6 Å². The van der Waals surface area contributed by atoms with Crippen LogP contribution in [0.25, 0.3) is 16.6 Å². The van der Waals surface area contributed by atoms with Crippen LogP contribution in [0, 0.1) is 0 Å². The lowest BCUT2D eigenvalue weighted by atomic mass is 10.1. The highest BCUT2D eigenvalue weighted by Crippen LogP contribution is 2.43. The molecule has 0 N–H and O–H groups in total. The minimum atomic E-state index is -0.0148. The number of halogens is 1. The second-order valence-electron chi connectivity index (χ2n) is 5.07. The zero-order valence-electron chi connectivity index (χ0n) is 12.0. The summed E-state index contributed by atoms with van der Waals surface area (Å²) in [5.74, 6) is 1.15. The Bertz CT molecular complexity index is 943. The molecular weight excluding hydrogens is 346 g/mol. The Morgan fingerprint density at radius 1 is 1.05 bits per heavy atom. The van der Waals surface area contributed by atoms with Crippen LogP contribution in [0.1, 0.15) is 16.1 Å². The summed E-state index contributed by atoms with van der Waals surface area (Å²) in [5.41, 5.74) is 3.08. The zero-order chi connectivity index (χ0) is 15.4. The predicted octanol–water partition coefficient (Wildman–Crippen LogP) is 3.95. The maximum absolute atomic E-state index is 12.8. The fourth-order valence-electron chi connectivity index (χ4n) is 3.01. The van der Waals surface area contributed by atoms with Gasteiger partial charge in [0, 0.05) is 11.5 Å². The van der Waals surface area contributed by atoms with Gasteiger partial charge in [-0.15, -0.1) is 0 Å². The Kier molecular flexibility index (Phi) is 2.81. The maximum Gasteiger partial charge on any atom is 0.213 e. The van der Waals surface area contributed by atoms with Gasteiger partial charge in [-0.1, -0.05) is 18.2 Å². The molecule has 0 fully saturated rings. The molecule has 2 heterocycles. The van der Waals surface area contributed by atoms with E-state index < -0.39 is 0 Å². The first-order chi connectivity index (χ1) is 10.7. The number of fused-ring (bicyclic) bond motifs is 5. The SMILES string of the molecule is COc1cc2c(cc1OC)-n1c(c(Br)c3ccccc31)C2=O. The highest BCUT2D eigenvalue weighted by molar-refractivity contribution is 9.10. The molecule has 0 aliphatic carbocycles. The molecule has 110 valence electrons. The summed E-state index contributed by atoms with van der Waals surface area (Å²) in [5, 5.41) is 1.02. The van der Waals surface area contributed by atoms with Gasteiger partial charge in [-0.2, -0.15) is 0 Å². The van der Waals surface area contributed by atoms with Crippen LogP contribution in [0.2, 0.25) is 0 Å². The first-order valence-corrected chi connectivity index (χ1v) is 7.56. The molecule has 0 radical (unpaired) electrons. The molecule has 22 heavy (non-hydrogen) atoms. The third-order valence-electron chi connectivity index (χ3n) is 4.02. The monoisotopic (exact) mass is 357 g/mol. The predicted molar refractivity (Wildman–Crippen MR) is 87.5 cm³/mol. The first-order valence-electron chi connectivity index (χ1n) is 6.77. The lowest BCUT2D eigenvalue weighted by Crippen LogP contribution is -1.98. The van der Waals surface area contributed by atoms with Gasteiger partial charge in [0.05, 0.1) is 35.5 Å². The Labute approximate surface area is 135 Å². The third kappa shape index (κ3) is 1.54. The van der Waals surface area contributed by atoms with E-state index >= 15 is 0 Å². The standard InChI is InChI=1S/C17H12BrNO3/c1-21-13-7-10-12(8-14(13)22-2)19-11-6-4-3-5-9(11)15(18)16(19)17(10)20/h3-8H,1-2H3. The normalized spacial score (nSPS) is 12.4. The number of nitrogens with zero attached hydrogens (tertiary/aromatic N) is 1. The number of methoxy groups -OCH3 is 2. The van der Waals surface area contributed by atoms with Crippen LogP contribution in [0.3, 0.4) is 0 Å². The Hall–Kier alpha value is -2.27. The van der Waals surface area contributed by atoms with Crippen molar-refractivity contribution in [2.24, 2.45) is 0 Å². The van der Waals surface area contributed by atoms with E-state index in [1.165, 1.54) is 0 Å². The number of benzene rings is 2. The molecule has 0 saturated heterocycles. The van der Waals surface area contributed by atoms with Gasteiger partial charge in [-0.25, -0.2) is 0 Å². The van der Waals surface area contributed by atoms with Crippen molar-refractivity contribution in [3.8, 4) is 17.2 Å². The van der Waals surface area contributed by atoms with Gasteiger partial charge in [0.1, 0.15) is 5.69 Å². The van der Waals surface area contributed by atoms with Crippen molar-refractivity contribution in [2.45, 2.75) is 0 Å². The molecule has 2 aromatic carbocycles. The average molecular weight is 358 g/mol. The number of rotatable bonds is 2. The van der Waals surface area contributed by atoms with Gasteiger partial charge in [0.15, 0.2) is 11.5 Å². The quantitative estimate of drug-likeness (QED) is 0.545. The molecule has 0 saturated carbocycles. The summed E-state index contributed by atoms with van der Waals surface area (Å²) >= 11 is 3.57. The molecule has 1 aromatic heterocycles. The average Bonchev–Trinajstić information content (AvgIpc) is 3.01. The number of carbonyl (C=O) groups excluding carboxylic acids is 1. The van der Waals surface area contributed by atoms with E-state index in [1.54, 1.807) is 20.3 Å². The van der Waals surface area contributed by atoms with Crippen molar-refractivity contribution in [3.05, 3.63) is 52.1 Å². The van der Waals surface area contributed by atoms with Gasteiger partial charge in [-0.3, -0.25) is 4.79 Å². The molecule has 1 aliphatic heterocycles. The summed E-state index contributed by atoms with van der Waals surface area (Å²) in [7, 11) is 3.15. The van der Waals surface area contributed by atoms with Gasteiger partial charge in [0.25, 0.3) is 0 Å². The smallest absolute Gasteiger partial charge is 0.213 e. The van der Waals surface area contributed by atoms with Crippen molar-refractivity contribution < 1.29 is 14.3 Å². The van der Waals surface area contributed by atoms with E-state index in [4.69, 9.17) is 9.47 Å². The van der Waals surface area contributed by atoms with Crippen LogP contribution in [0.5, 0.6) is 11.5 Å². The van der Waals surface area contributed by atoms with E-state index in [0.717, 1.165) is 21.1 Å². The summed E-state index contributed by atoms with van der Waals surface area (Å²) in [6.07, 6.45) is 0. The van der Waals surface area contributed by atoms with E-state index in [9.17, 15) is 4.79 Å². The Balaban J connectivity index is 2.12. The number of ether oxygens (including phenoxy) is 2. The second kappa shape index (κ2) is 4.61. The molecule has 0 spiro atoms. The van der Waals surface area contributed by atoms with Gasteiger partial charge in [-0.05, 0) is 28.1 Å². The summed E-state index contributed by atoms with van der Waals surface area (Å²) < 4.78 is 13.5. The number of carbonyl (C=O) groups is 1. The van der Waals surface area contributed by atoms with Crippen molar-refractivity contribution in [3.63, 3.8) is 0 Å². The van der Waals surface area contributed by atoms with Crippen molar-refractivity contribution in [1.82, 2.24) is 4.57 Å². The molecule has 5 heteroatoms. The number of para-hydroxylation sites is 1. The zero-order valence-corrected chi connectivity index (χ0v) is 13.6. The molecule has 1 aliphatic rings. The topological polar surface area (TPSA) is 40.5 Å². The van der Waals surface area contributed by atoms with E-state index in [2.05, 4.69) is 15.9 Å². The minimum absolute atomic E-state index is 0.0148. The highest BCUT2D eigenvalue weighted by atomic mass is 79.9. The molecule has 4 nitrogen and oxygen atoms in total. The van der Waals surface area contributed by atoms with Gasteiger partial charge < -0.3 is 14.0 Å². The Morgan fingerprint density at radius 3 is 2.45 bits per heavy atom. The number of hydrogen-bond donors (Lipinski definition) is 0. The molecule has 0 bridgehead atoms. The van der Waals surface area contributed by atoms with Crippen LogP contribution in [0.15, 0.2) is 40.9 Å². The summed E-state index contributed by atoms with van der Waals surface area (Å²) in [6.45, 7) is 0. The van der Waals surface area contributed by atoms with Crippen molar-refractivity contribution >= 4 is 32.6 Å². The lowest BCUT2D eigenvalue weighted by Gasteiger charge is -2.11. The highest BCUT2D eigenvalue weighted by Gasteiger charge is 2.33. The fraction of sp³-hybridized carbons (Fsp3) is 0.118. The largest absolute Gasteiger partial charge is 0.493 e. The van der Waals surface area contributed by atoms with Gasteiger partial charge >= 0.3 is 0 Å². The van der Waals surface area contributed by atoms with Crippen molar-refractivity contribution in [1.29, 1.82) is 0 Å². The fourth-order valence-corrected chi connectivity index (χ4v) is 3.71. The lowest BCUT2D eigenvalue weighted by molar-refractivity contribution is 0.103. The summed E-state index contributed by atoms with van der Waals surface area (Å²) in [4.78, 5) is 12.8. The van der Waals surface area contributed by atoms with E-state index in [-0.39, 0.29) is 5.78 Å². The number of ketones is 1. The van der Waals surface area contributed by atoms with Crippen LogP contribution in [0.4, 0.5) is 0 Å². The second-order valence-corrected chi connectivity index (χ2v) is 5.86. The van der Waals surface area contributed by atoms with E-state index in [1.807, 2.05) is 34.9 Å². The summed E-state index contributed by atoms with van der Waals surface area (Å²) in [6, 6.07) is 11.5. The minimum Gasteiger partial charge on any atom is -0.493 e. The molecule has 3 aromatic rings. The first kappa shape index (κ1) is 13.4. The molecular formula is C17H12BrNO3. The molecule has 4 rings (SSSR count). The third-order valence-corrected chi connectivity index (χ3v) is 4.82. The number of hydrogen-bond acceptors (Lipinski definition) is 3. The van der Waals surface area contributed by atoms with E-state index in [0.29, 0.717) is 22.8 Å². The van der Waals surface area contributed by atoms with Crippen molar-refractivity contribution in [2.75, 3.05) is 14.2 Å². The van der Waals surface area contributed by atoms with Gasteiger partial charge in [0.2, 0.25) is 5.78 Å². The molecule has 0 amide bonds.